The van der Waals surface area contributed by atoms with E-state index in [1.165, 1.54) is 29.3 Å². The first-order chi connectivity index (χ1) is 9.38. The van der Waals surface area contributed by atoms with Crippen LogP contribution in [0.25, 0.3) is 0 Å². The van der Waals surface area contributed by atoms with Gasteiger partial charge in [0.2, 0.25) is 0 Å². The van der Waals surface area contributed by atoms with E-state index in [9.17, 15) is 0 Å². The van der Waals surface area contributed by atoms with Gasteiger partial charge in [-0.15, -0.1) is 21.5 Å². The highest BCUT2D eigenvalue weighted by Crippen LogP contribution is 2.19. The van der Waals surface area contributed by atoms with E-state index in [-0.39, 0.29) is 0 Å². The fourth-order valence-corrected chi connectivity index (χ4v) is 3.21. The predicted molar refractivity (Wildman–Crippen MR) is 78.7 cm³/mol. The lowest BCUT2D eigenvalue weighted by atomic mass is 10.1. The first-order valence-corrected chi connectivity index (χ1v) is 8.33. The molecule has 0 aliphatic carbocycles. The molecule has 1 aromatic heterocycles. The van der Waals surface area contributed by atoms with Crippen molar-refractivity contribution in [3.05, 3.63) is 10.0 Å². The third-order valence-electron chi connectivity index (χ3n) is 3.38. The molecule has 1 N–H and O–H groups in total. The summed E-state index contributed by atoms with van der Waals surface area (Å²) in [5.41, 5.74) is 0. The van der Waals surface area contributed by atoms with Crippen LogP contribution in [0.4, 0.5) is 0 Å². The lowest BCUT2D eigenvalue weighted by Gasteiger charge is -2.06. The highest BCUT2D eigenvalue weighted by atomic mass is 32.1. The van der Waals surface area contributed by atoms with Crippen molar-refractivity contribution in [2.24, 2.45) is 0 Å². The average Bonchev–Trinajstić information content (AvgIpc) is 3.07. The molecule has 0 saturated carbocycles. The van der Waals surface area contributed by atoms with Gasteiger partial charge in [0.25, 0.3) is 0 Å². The van der Waals surface area contributed by atoms with Crippen LogP contribution in [0.1, 0.15) is 49.0 Å². The third kappa shape index (κ3) is 5.55. The normalized spacial score (nSPS) is 19.1. The second kappa shape index (κ2) is 8.61. The first-order valence-electron chi connectivity index (χ1n) is 7.52. The van der Waals surface area contributed by atoms with E-state index in [0.717, 1.165) is 45.4 Å². The van der Waals surface area contributed by atoms with Gasteiger partial charge in [0.1, 0.15) is 10.0 Å². The molecule has 1 fully saturated rings. The number of aromatic nitrogens is 2. The lowest BCUT2D eigenvalue weighted by molar-refractivity contribution is 0.104. The maximum Gasteiger partial charge on any atom is 0.117 e. The highest BCUT2D eigenvalue weighted by molar-refractivity contribution is 7.11. The summed E-state index contributed by atoms with van der Waals surface area (Å²) in [6.45, 7) is 5.33. The van der Waals surface area contributed by atoms with Gasteiger partial charge in [-0.1, -0.05) is 6.92 Å². The zero-order valence-electron chi connectivity index (χ0n) is 11.9. The Labute approximate surface area is 120 Å². The maximum atomic E-state index is 5.63. The zero-order valence-corrected chi connectivity index (χ0v) is 12.7. The number of nitrogens with one attached hydrogen (secondary N) is 1. The molecule has 1 saturated heterocycles. The summed E-state index contributed by atoms with van der Waals surface area (Å²) in [4.78, 5) is 0. The smallest absolute Gasteiger partial charge is 0.117 e. The number of hydrogen-bond donors (Lipinski definition) is 1. The second-order valence-corrected chi connectivity index (χ2v) is 6.26. The van der Waals surface area contributed by atoms with Gasteiger partial charge in [0.05, 0.1) is 6.10 Å². The topological polar surface area (TPSA) is 47.0 Å². The van der Waals surface area contributed by atoms with Gasteiger partial charge in [-0.25, -0.2) is 0 Å². The van der Waals surface area contributed by atoms with Crippen molar-refractivity contribution in [2.75, 3.05) is 19.7 Å². The molecule has 2 heterocycles. The Morgan fingerprint density at radius 2 is 2.11 bits per heavy atom. The molecule has 0 spiro atoms. The molecule has 1 aliphatic rings. The Hall–Kier alpha value is -0.520. The Morgan fingerprint density at radius 3 is 2.84 bits per heavy atom. The molecule has 0 amide bonds. The summed E-state index contributed by atoms with van der Waals surface area (Å²) < 4.78 is 5.63. The molecule has 1 aliphatic heterocycles. The number of hydrogen-bond acceptors (Lipinski definition) is 5. The summed E-state index contributed by atoms with van der Waals surface area (Å²) in [5.74, 6) is 0. The van der Waals surface area contributed by atoms with Gasteiger partial charge in [0.15, 0.2) is 0 Å². The quantitative estimate of drug-likeness (QED) is 0.708. The third-order valence-corrected chi connectivity index (χ3v) is 4.43. The Bertz CT molecular complexity index is 350. The number of rotatable bonds is 9. The van der Waals surface area contributed by atoms with Gasteiger partial charge in [0, 0.05) is 19.4 Å². The summed E-state index contributed by atoms with van der Waals surface area (Å²) in [6, 6.07) is 0. The fraction of sp³-hybridized carbons (Fsp3) is 0.857. The molecule has 108 valence electrons. The van der Waals surface area contributed by atoms with Crippen LogP contribution in [0.15, 0.2) is 0 Å². The summed E-state index contributed by atoms with van der Waals surface area (Å²) >= 11 is 1.77. The van der Waals surface area contributed by atoms with Crippen LogP contribution in [-0.4, -0.2) is 36.0 Å². The second-order valence-electron chi connectivity index (χ2n) is 5.12. The van der Waals surface area contributed by atoms with Gasteiger partial charge >= 0.3 is 0 Å². The molecule has 0 radical (unpaired) electrons. The molecule has 4 nitrogen and oxygen atoms in total. The Morgan fingerprint density at radius 1 is 1.26 bits per heavy atom. The largest absolute Gasteiger partial charge is 0.378 e. The minimum atomic E-state index is 0.464. The summed E-state index contributed by atoms with van der Waals surface area (Å²) in [5, 5.41) is 14.3. The lowest BCUT2D eigenvalue weighted by Crippen LogP contribution is -2.16. The number of aryl methyl sites for hydroxylation is 2. The summed E-state index contributed by atoms with van der Waals surface area (Å²) in [7, 11) is 0. The van der Waals surface area contributed by atoms with Gasteiger partial charge in [-0.05, 0) is 45.2 Å². The van der Waals surface area contributed by atoms with E-state index in [1.54, 1.807) is 11.3 Å². The summed E-state index contributed by atoms with van der Waals surface area (Å²) in [6.07, 6.45) is 8.43. The van der Waals surface area contributed by atoms with Crippen LogP contribution in [0.3, 0.4) is 0 Å². The molecular weight excluding hydrogens is 258 g/mol. The van der Waals surface area contributed by atoms with E-state index in [0.29, 0.717) is 6.10 Å². The van der Waals surface area contributed by atoms with Crippen LogP contribution in [0.2, 0.25) is 0 Å². The standard InChI is InChI=1S/C14H25N3OS/c1-2-9-15-10-3-6-13-16-17-14(19-13)8-7-12-5-4-11-18-12/h12,15H,2-11H2,1H3. The maximum absolute atomic E-state index is 5.63. The van der Waals surface area contributed by atoms with E-state index in [2.05, 4.69) is 22.4 Å². The van der Waals surface area contributed by atoms with Crippen molar-refractivity contribution in [1.29, 1.82) is 0 Å². The van der Waals surface area contributed by atoms with Crippen molar-refractivity contribution in [1.82, 2.24) is 15.5 Å². The van der Waals surface area contributed by atoms with Crippen LogP contribution in [0, 0.1) is 0 Å². The van der Waals surface area contributed by atoms with E-state index < -0.39 is 0 Å². The molecule has 5 heteroatoms. The van der Waals surface area contributed by atoms with Crippen molar-refractivity contribution < 1.29 is 4.74 Å². The van der Waals surface area contributed by atoms with Crippen LogP contribution in [-0.2, 0) is 17.6 Å². The zero-order chi connectivity index (χ0) is 13.3. The van der Waals surface area contributed by atoms with E-state index >= 15 is 0 Å². The molecule has 2 rings (SSSR count). The molecule has 19 heavy (non-hydrogen) atoms. The van der Waals surface area contributed by atoms with Crippen molar-refractivity contribution in [3.8, 4) is 0 Å². The molecule has 1 unspecified atom stereocenters. The minimum absolute atomic E-state index is 0.464. The van der Waals surface area contributed by atoms with Gasteiger partial charge in [-0.2, -0.15) is 0 Å². The van der Waals surface area contributed by atoms with Crippen molar-refractivity contribution in [3.63, 3.8) is 0 Å². The van der Waals surface area contributed by atoms with Crippen molar-refractivity contribution >= 4 is 11.3 Å². The van der Waals surface area contributed by atoms with Crippen molar-refractivity contribution in [2.45, 2.75) is 58.0 Å². The predicted octanol–water partition coefficient (Wildman–Crippen LogP) is 2.58. The van der Waals surface area contributed by atoms with E-state index in [1.807, 2.05) is 0 Å². The SMILES string of the molecule is CCCNCCCc1nnc(CCC2CCCO2)s1. The minimum Gasteiger partial charge on any atom is -0.378 e. The van der Waals surface area contributed by atoms with Gasteiger partial charge < -0.3 is 10.1 Å². The van der Waals surface area contributed by atoms with Crippen LogP contribution in [0.5, 0.6) is 0 Å². The van der Waals surface area contributed by atoms with Crippen LogP contribution < -0.4 is 5.32 Å². The molecule has 1 aromatic rings. The molecular formula is C14H25N3OS. The molecule has 0 bridgehead atoms. The molecule has 1 atom stereocenters. The van der Waals surface area contributed by atoms with E-state index in [4.69, 9.17) is 4.74 Å². The van der Waals surface area contributed by atoms with Crippen LogP contribution >= 0.6 is 11.3 Å². The first kappa shape index (κ1) is 14.9. The Balaban J connectivity index is 1.61. The highest BCUT2D eigenvalue weighted by Gasteiger charge is 2.16. The number of nitrogens with zero attached hydrogens (tertiary/aromatic N) is 2. The fourth-order valence-electron chi connectivity index (χ4n) is 2.31. The average molecular weight is 283 g/mol. The number of ether oxygens (including phenoxy) is 1. The Kier molecular flexibility index (Phi) is 6.74. The monoisotopic (exact) mass is 283 g/mol. The molecule has 0 aromatic carbocycles. The van der Waals surface area contributed by atoms with Gasteiger partial charge in [-0.3, -0.25) is 0 Å².